The largest absolute Gasteiger partial charge is 0.494 e. The third kappa shape index (κ3) is 3.80. The molecule has 0 atom stereocenters. The smallest absolute Gasteiger partial charge is 0.226 e. The van der Waals surface area contributed by atoms with Crippen molar-refractivity contribution in [3.63, 3.8) is 0 Å². The van der Waals surface area contributed by atoms with Gasteiger partial charge in [0.05, 0.1) is 17.8 Å². The first-order chi connectivity index (χ1) is 11.7. The van der Waals surface area contributed by atoms with Crippen LogP contribution >= 0.6 is 0 Å². The van der Waals surface area contributed by atoms with Gasteiger partial charge in [-0.2, -0.15) is 0 Å². The highest BCUT2D eigenvalue weighted by atomic mass is 16.5. The van der Waals surface area contributed by atoms with Crippen molar-refractivity contribution in [2.45, 2.75) is 51.1 Å². The molecule has 24 heavy (non-hydrogen) atoms. The summed E-state index contributed by atoms with van der Waals surface area (Å²) in [7, 11) is 0. The molecule has 1 aromatic heterocycles. The van der Waals surface area contributed by atoms with Crippen LogP contribution in [0, 0.1) is 12.3 Å². The highest BCUT2D eigenvalue weighted by Crippen LogP contribution is 2.28. The van der Waals surface area contributed by atoms with Crippen LogP contribution in [0.4, 0.5) is 0 Å². The van der Waals surface area contributed by atoms with Crippen molar-refractivity contribution in [3.05, 3.63) is 36.2 Å². The zero-order chi connectivity index (χ0) is 16.8. The van der Waals surface area contributed by atoms with E-state index in [2.05, 4.69) is 16.2 Å². The van der Waals surface area contributed by atoms with Gasteiger partial charge in [-0.15, -0.1) is 6.42 Å². The van der Waals surface area contributed by atoms with Gasteiger partial charge >= 0.3 is 0 Å². The van der Waals surface area contributed by atoms with E-state index in [0.717, 1.165) is 29.8 Å². The molecule has 4 heteroatoms. The molecule has 1 N–H and O–H groups in total. The Kier molecular flexibility index (Phi) is 5.22. The van der Waals surface area contributed by atoms with E-state index in [1.165, 1.54) is 19.3 Å². The second-order valence-electron chi connectivity index (χ2n) is 6.25. The first-order valence-corrected chi connectivity index (χ1v) is 8.65. The number of oxazole rings is 1. The first-order valence-electron chi connectivity index (χ1n) is 8.65. The summed E-state index contributed by atoms with van der Waals surface area (Å²) in [6, 6.07) is 7.78. The Balaban J connectivity index is 1.67. The van der Waals surface area contributed by atoms with Crippen LogP contribution in [-0.2, 0) is 6.54 Å². The summed E-state index contributed by atoms with van der Waals surface area (Å²) in [5.41, 5.74) is 1.59. The van der Waals surface area contributed by atoms with Crippen molar-refractivity contribution in [3.8, 4) is 29.5 Å². The van der Waals surface area contributed by atoms with E-state index >= 15 is 0 Å². The minimum Gasteiger partial charge on any atom is -0.494 e. The topological polar surface area (TPSA) is 47.3 Å². The van der Waals surface area contributed by atoms with E-state index < -0.39 is 0 Å². The molecule has 3 rings (SSSR count). The molecule has 4 nitrogen and oxygen atoms in total. The lowest BCUT2D eigenvalue weighted by Gasteiger charge is -2.33. The molecule has 2 aromatic rings. The molecule has 0 saturated heterocycles. The van der Waals surface area contributed by atoms with Crippen LogP contribution in [0.15, 0.2) is 34.9 Å². The zero-order valence-electron chi connectivity index (χ0n) is 14.2. The van der Waals surface area contributed by atoms with Gasteiger partial charge in [-0.3, -0.25) is 5.32 Å². The quantitative estimate of drug-likeness (QED) is 0.810. The maximum Gasteiger partial charge on any atom is 0.226 e. The summed E-state index contributed by atoms with van der Waals surface area (Å²) in [5, 5.41) is 3.51. The summed E-state index contributed by atoms with van der Waals surface area (Å²) in [6.07, 6.45) is 13.2. The number of ether oxygens (including phenoxy) is 1. The van der Waals surface area contributed by atoms with E-state index in [9.17, 15) is 0 Å². The molecule has 0 spiro atoms. The Bertz CT molecular complexity index is 708. The van der Waals surface area contributed by atoms with Crippen molar-refractivity contribution < 1.29 is 9.15 Å². The number of hydrogen-bond acceptors (Lipinski definition) is 4. The zero-order valence-corrected chi connectivity index (χ0v) is 14.2. The van der Waals surface area contributed by atoms with E-state index in [0.29, 0.717) is 19.0 Å². The summed E-state index contributed by atoms with van der Waals surface area (Å²) in [4.78, 5) is 4.58. The van der Waals surface area contributed by atoms with Crippen molar-refractivity contribution in [1.82, 2.24) is 10.3 Å². The second kappa shape index (κ2) is 7.55. The van der Waals surface area contributed by atoms with Crippen molar-refractivity contribution >= 4 is 0 Å². The summed E-state index contributed by atoms with van der Waals surface area (Å²) >= 11 is 0. The van der Waals surface area contributed by atoms with E-state index in [-0.39, 0.29) is 5.54 Å². The number of hydrogen-bond donors (Lipinski definition) is 1. The molecule has 1 aliphatic rings. The molecule has 0 bridgehead atoms. The van der Waals surface area contributed by atoms with Crippen LogP contribution in [0.2, 0.25) is 0 Å². The van der Waals surface area contributed by atoms with Gasteiger partial charge in [-0.05, 0) is 38.0 Å². The number of rotatable bonds is 6. The number of nitrogens with one attached hydrogen (secondary N) is 1. The second-order valence-corrected chi connectivity index (χ2v) is 6.25. The Hall–Kier alpha value is -2.25. The van der Waals surface area contributed by atoms with Crippen molar-refractivity contribution in [1.29, 1.82) is 0 Å². The Morgan fingerprint density at radius 3 is 2.92 bits per heavy atom. The van der Waals surface area contributed by atoms with Gasteiger partial charge in [0.25, 0.3) is 0 Å². The van der Waals surface area contributed by atoms with Crippen molar-refractivity contribution in [2.24, 2.45) is 0 Å². The van der Waals surface area contributed by atoms with Crippen LogP contribution in [0.25, 0.3) is 11.5 Å². The molecule has 1 saturated carbocycles. The molecule has 0 amide bonds. The van der Waals surface area contributed by atoms with Gasteiger partial charge in [0.2, 0.25) is 5.89 Å². The molecular formula is C20H24N2O2. The third-order valence-electron chi connectivity index (χ3n) is 4.54. The average Bonchev–Trinajstić information content (AvgIpc) is 3.11. The Labute approximate surface area is 143 Å². The molecule has 1 fully saturated rings. The minimum atomic E-state index is -0.188. The molecular weight excluding hydrogens is 300 g/mol. The molecule has 0 aliphatic heterocycles. The van der Waals surface area contributed by atoms with E-state index in [1.807, 2.05) is 31.2 Å². The normalized spacial score (nSPS) is 16.5. The molecule has 0 unspecified atom stereocenters. The lowest BCUT2D eigenvalue weighted by atomic mass is 9.82. The summed E-state index contributed by atoms with van der Waals surface area (Å²) in [6.45, 7) is 3.23. The van der Waals surface area contributed by atoms with Gasteiger partial charge in [0.15, 0.2) is 0 Å². The lowest BCUT2D eigenvalue weighted by Crippen LogP contribution is -2.45. The number of nitrogens with zero attached hydrogens (tertiary/aromatic N) is 1. The Morgan fingerprint density at radius 2 is 2.17 bits per heavy atom. The fraction of sp³-hybridized carbons (Fsp3) is 0.450. The number of aromatic nitrogens is 1. The van der Waals surface area contributed by atoms with Gasteiger partial charge in [0, 0.05) is 12.1 Å². The van der Waals surface area contributed by atoms with Crippen LogP contribution < -0.4 is 10.1 Å². The standard InChI is InChI=1S/C20H24N2O2/c1-3-20(11-6-5-7-12-20)21-14-17-15-24-19(22-17)16-9-8-10-18(13-16)23-4-2/h1,8-10,13,15,21H,4-7,11-12,14H2,2H3. The Morgan fingerprint density at radius 1 is 1.33 bits per heavy atom. The molecule has 1 heterocycles. The first kappa shape index (κ1) is 16.6. The van der Waals surface area contributed by atoms with Crippen LogP contribution in [0.1, 0.15) is 44.7 Å². The lowest BCUT2D eigenvalue weighted by molar-refractivity contribution is 0.298. The monoisotopic (exact) mass is 324 g/mol. The van der Waals surface area contributed by atoms with Crippen LogP contribution in [0.5, 0.6) is 5.75 Å². The predicted octanol–water partition coefficient (Wildman–Crippen LogP) is 4.17. The van der Waals surface area contributed by atoms with Gasteiger partial charge in [-0.1, -0.05) is 31.2 Å². The third-order valence-corrected chi connectivity index (χ3v) is 4.54. The van der Waals surface area contributed by atoms with Gasteiger partial charge in [0.1, 0.15) is 12.0 Å². The maximum atomic E-state index is 5.77. The highest BCUT2D eigenvalue weighted by molar-refractivity contribution is 5.56. The minimum absolute atomic E-state index is 0.188. The van der Waals surface area contributed by atoms with Gasteiger partial charge < -0.3 is 9.15 Å². The number of benzene rings is 1. The van der Waals surface area contributed by atoms with E-state index in [4.69, 9.17) is 15.6 Å². The molecule has 126 valence electrons. The summed E-state index contributed by atoms with van der Waals surface area (Å²) < 4.78 is 11.2. The summed E-state index contributed by atoms with van der Waals surface area (Å²) in [5.74, 6) is 4.39. The maximum absolute atomic E-state index is 5.77. The number of terminal acetylenes is 1. The average molecular weight is 324 g/mol. The fourth-order valence-electron chi connectivity index (χ4n) is 3.19. The molecule has 1 aromatic carbocycles. The molecule has 1 aliphatic carbocycles. The fourth-order valence-corrected chi connectivity index (χ4v) is 3.19. The van der Waals surface area contributed by atoms with Crippen LogP contribution in [0.3, 0.4) is 0 Å². The SMILES string of the molecule is C#CC1(NCc2coc(-c3cccc(OCC)c3)n2)CCCCC1. The van der Waals surface area contributed by atoms with Gasteiger partial charge in [-0.25, -0.2) is 4.98 Å². The highest BCUT2D eigenvalue weighted by Gasteiger charge is 2.29. The van der Waals surface area contributed by atoms with Crippen LogP contribution in [-0.4, -0.2) is 17.1 Å². The van der Waals surface area contributed by atoms with E-state index in [1.54, 1.807) is 6.26 Å². The van der Waals surface area contributed by atoms with Crippen molar-refractivity contribution in [2.75, 3.05) is 6.61 Å². The predicted molar refractivity (Wildman–Crippen MR) is 94.6 cm³/mol. The molecule has 0 radical (unpaired) electrons.